The normalized spacial score (nSPS) is 19.6. The predicted molar refractivity (Wildman–Crippen MR) is 144 cm³/mol. The maximum atomic E-state index is 16.5. The molecule has 0 aromatic heterocycles. The van der Waals surface area contributed by atoms with Crippen LogP contribution >= 0.6 is 0 Å². The number of ether oxygens (including phenoxy) is 3. The molecule has 2 aromatic rings. The second kappa shape index (κ2) is 10.7. The van der Waals surface area contributed by atoms with E-state index in [2.05, 4.69) is 4.90 Å². The molecule has 2 saturated heterocycles. The lowest BCUT2D eigenvalue weighted by atomic mass is 9.91. The van der Waals surface area contributed by atoms with Crippen molar-refractivity contribution in [2.45, 2.75) is 38.5 Å². The molecule has 2 fully saturated rings. The van der Waals surface area contributed by atoms with E-state index in [1.54, 1.807) is 12.2 Å². The van der Waals surface area contributed by atoms with Crippen LogP contribution in [0.15, 0.2) is 41.7 Å². The highest BCUT2D eigenvalue weighted by atomic mass is 19.1. The van der Waals surface area contributed by atoms with Crippen LogP contribution in [-0.4, -0.2) is 56.1 Å². The first-order chi connectivity index (χ1) is 18.2. The molecule has 0 spiro atoms. The first-order valence-corrected chi connectivity index (χ1v) is 13.6. The van der Waals surface area contributed by atoms with Crippen LogP contribution in [0.4, 0.5) is 4.39 Å². The second-order valence-electron chi connectivity index (χ2n) is 10.2. The summed E-state index contributed by atoms with van der Waals surface area (Å²) in [6, 6.07) is 7.70. The lowest BCUT2D eigenvalue weighted by Gasteiger charge is -2.22. The van der Waals surface area contributed by atoms with E-state index in [0.717, 1.165) is 47.3 Å². The summed E-state index contributed by atoms with van der Waals surface area (Å²) >= 11 is 0. The van der Waals surface area contributed by atoms with E-state index in [4.69, 9.17) is 14.2 Å². The Hall–Kier alpha value is -3.09. The van der Waals surface area contributed by atoms with Crippen LogP contribution in [0.25, 0.3) is 28.9 Å². The highest BCUT2D eigenvalue weighted by Gasteiger charge is 2.26. The Morgan fingerprint density at radius 2 is 1.81 bits per heavy atom. The number of likely N-dealkylation sites (tertiary alicyclic amines) is 1. The highest BCUT2D eigenvalue weighted by molar-refractivity contribution is 5.81. The fourth-order valence-corrected chi connectivity index (χ4v) is 5.89. The van der Waals surface area contributed by atoms with Gasteiger partial charge in [0.25, 0.3) is 0 Å². The number of aliphatic hydroxyl groups excluding tert-OH is 1. The summed E-state index contributed by atoms with van der Waals surface area (Å²) in [6.07, 6.45) is 11.9. The first-order valence-electron chi connectivity index (χ1n) is 13.6. The van der Waals surface area contributed by atoms with Gasteiger partial charge in [-0.25, -0.2) is 4.39 Å². The van der Waals surface area contributed by atoms with Crippen LogP contribution in [0, 0.1) is 5.82 Å². The van der Waals surface area contributed by atoms with Crippen LogP contribution in [0.5, 0.6) is 11.5 Å². The number of aliphatic hydroxyl groups is 1. The number of nitrogens with zero attached hydrogens (tertiary/aromatic N) is 1. The van der Waals surface area contributed by atoms with Crippen molar-refractivity contribution in [1.82, 2.24) is 4.90 Å². The van der Waals surface area contributed by atoms with Crippen molar-refractivity contribution in [3.05, 3.63) is 63.5 Å². The van der Waals surface area contributed by atoms with Crippen LogP contribution in [0.2, 0.25) is 0 Å². The number of hydrogen-bond acceptors (Lipinski definition) is 5. The lowest BCUT2D eigenvalue weighted by molar-refractivity contribution is 0.158. The molecule has 0 saturated carbocycles. The quantitative estimate of drug-likeness (QED) is 0.640. The smallest absolute Gasteiger partial charge is 0.140 e. The monoisotopic (exact) mass is 503 g/mol. The minimum absolute atomic E-state index is 0.110. The SMILES string of the molecule is OC1=Cc2c3c(c(-c4ccc(OCCN5CCCCCC5)cc4)c(F)c2=C2COCCC2=C1)=CCCO3. The zero-order chi connectivity index (χ0) is 25.2. The van der Waals surface area contributed by atoms with Gasteiger partial charge in [-0.1, -0.05) is 31.1 Å². The maximum absolute atomic E-state index is 16.5. The van der Waals surface area contributed by atoms with Crippen molar-refractivity contribution >= 4 is 17.7 Å². The molecule has 1 N–H and O–H groups in total. The van der Waals surface area contributed by atoms with Gasteiger partial charge in [-0.3, -0.25) is 4.90 Å². The predicted octanol–water partition coefficient (Wildman–Crippen LogP) is 4.72. The zero-order valence-corrected chi connectivity index (χ0v) is 21.2. The molecule has 1 aliphatic carbocycles. The van der Waals surface area contributed by atoms with Gasteiger partial charge in [-0.15, -0.1) is 0 Å². The molecule has 0 bridgehead atoms. The van der Waals surface area contributed by atoms with Gasteiger partial charge in [0.2, 0.25) is 0 Å². The van der Waals surface area contributed by atoms with Crippen LogP contribution in [0.3, 0.4) is 0 Å². The van der Waals surface area contributed by atoms with Gasteiger partial charge in [0.15, 0.2) is 0 Å². The largest absolute Gasteiger partial charge is 0.508 e. The third-order valence-electron chi connectivity index (χ3n) is 7.76. The van der Waals surface area contributed by atoms with Crippen LogP contribution in [0.1, 0.15) is 44.1 Å². The minimum Gasteiger partial charge on any atom is -0.508 e. The summed E-state index contributed by atoms with van der Waals surface area (Å²) < 4.78 is 34.4. The van der Waals surface area contributed by atoms with Crippen molar-refractivity contribution in [3.8, 4) is 22.6 Å². The standard InChI is InChI=1S/C31H34FNO4/c32-30-28(21-7-9-24(10-8-21)36-17-14-33-12-3-1-2-4-13-33)25-6-5-15-37-31(25)26-19-23(34)18-22-11-16-35-20-27(22)29(26)30/h6-10,18-19,34H,1-5,11-17,20H2. The summed E-state index contributed by atoms with van der Waals surface area (Å²) in [5.41, 5.74) is 3.59. The molecule has 0 atom stereocenters. The number of hydrogen-bond donors (Lipinski definition) is 1. The molecule has 0 unspecified atom stereocenters. The van der Waals surface area contributed by atoms with Gasteiger partial charge in [0.1, 0.15) is 29.7 Å². The Labute approximate surface area is 217 Å². The Balaban J connectivity index is 1.35. The van der Waals surface area contributed by atoms with Gasteiger partial charge in [0.05, 0.1) is 19.8 Å². The lowest BCUT2D eigenvalue weighted by Crippen LogP contribution is -2.30. The maximum Gasteiger partial charge on any atom is 0.140 e. The van der Waals surface area contributed by atoms with Crippen LogP contribution in [-0.2, 0) is 4.74 Å². The fourth-order valence-electron chi connectivity index (χ4n) is 5.89. The summed E-state index contributed by atoms with van der Waals surface area (Å²) in [4.78, 5) is 2.48. The molecule has 3 heterocycles. The molecule has 2 aromatic carbocycles. The average Bonchev–Trinajstić information content (AvgIpc) is 3.27. The summed E-state index contributed by atoms with van der Waals surface area (Å²) in [5.74, 6) is 1.21. The molecule has 194 valence electrons. The fraction of sp³-hybridized carbons (Fsp3) is 0.419. The van der Waals surface area contributed by atoms with E-state index in [1.807, 2.05) is 30.3 Å². The van der Waals surface area contributed by atoms with E-state index in [9.17, 15) is 5.11 Å². The van der Waals surface area contributed by atoms with Crippen LogP contribution < -0.4 is 19.9 Å². The Morgan fingerprint density at radius 3 is 2.62 bits per heavy atom. The number of halogens is 1. The van der Waals surface area contributed by atoms with E-state index < -0.39 is 0 Å². The Bertz CT molecular complexity index is 1350. The van der Waals surface area contributed by atoms with E-state index in [-0.39, 0.29) is 11.6 Å². The summed E-state index contributed by atoms with van der Waals surface area (Å²) in [7, 11) is 0. The molecule has 6 rings (SSSR count). The van der Waals surface area contributed by atoms with Gasteiger partial charge in [-0.2, -0.15) is 0 Å². The van der Waals surface area contributed by atoms with Crippen molar-refractivity contribution < 1.29 is 23.7 Å². The summed E-state index contributed by atoms with van der Waals surface area (Å²) in [6.45, 7) is 5.26. The number of benzene rings is 2. The Kier molecular flexibility index (Phi) is 7.03. The number of allylic oxidation sites excluding steroid dienone is 1. The average molecular weight is 504 g/mol. The second-order valence-corrected chi connectivity index (χ2v) is 10.2. The van der Waals surface area contributed by atoms with Gasteiger partial charge < -0.3 is 19.3 Å². The third kappa shape index (κ3) is 4.92. The van der Waals surface area contributed by atoms with Gasteiger partial charge in [-0.05, 0) is 73.3 Å². The minimum atomic E-state index is -0.303. The molecular weight excluding hydrogens is 469 g/mol. The van der Waals surface area contributed by atoms with Crippen molar-refractivity contribution in [2.24, 2.45) is 0 Å². The molecule has 5 nitrogen and oxygen atoms in total. The number of rotatable bonds is 5. The zero-order valence-electron chi connectivity index (χ0n) is 21.2. The molecule has 4 aliphatic rings. The topological polar surface area (TPSA) is 51.2 Å². The van der Waals surface area contributed by atoms with E-state index >= 15 is 4.39 Å². The third-order valence-corrected chi connectivity index (χ3v) is 7.76. The van der Waals surface area contributed by atoms with Gasteiger partial charge >= 0.3 is 0 Å². The molecule has 37 heavy (non-hydrogen) atoms. The Morgan fingerprint density at radius 1 is 1.00 bits per heavy atom. The molecule has 3 aliphatic heterocycles. The van der Waals surface area contributed by atoms with E-state index in [1.165, 1.54) is 25.7 Å². The van der Waals surface area contributed by atoms with Crippen molar-refractivity contribution in [1.29, 1.82) is 0 Å². The first kappa shape index (κ1) is 24.3. The van der Waals surface area contributed by atoms with Crippen molar-refractivity contribution in [2.75, 3.05) is 46.1 Å². The highest BCUT2D eigenvalue weighted by Crippen LogP contribution is 2.32. The van der Waals surface area contributed by atoms with Crippen molar-refractivity contribution in [3.63, 3.8) is 0 Å². The molecular formula is C31H34FNO4. The molecule has 0 amide bonds. The van der Waals surface area contributed by atoms with Gasteiger partial charge in [0, 0.05) is 34.5 Å². The van der Waals surface area contributed by atoms with E-state index in [0.29, 0.717) is 61.4 Å². The molecule has 6 heteroatoms. The molecule has 0 radical (unpaired) electrons. The number of fused-ring (bicyclic) bond motifs is 4. The summed E-state index contributed by atoms with van der Waals surface area (Å²) in [5, 5.41) is 11.8.